The van der Waals surface area contributed by atoms with Gasteiger partial charge in [-0.3, -0.25) is 14.5 Å². The predicted molar refractivity (Wildman–Crippen MR) is 74.9 cm³/mol. The van der Waals surface area contributed by atoms with Gasteiger partial charge < -0.3 is 5.73 Å². The number of nitrogens with two attached hydrogens (primary N) is 1. The minimum Gasteiger partial charge on any atom is -0.399 e. The number of amides is 2. The van der Waals surface area contributed by atoms with Crippen molar-refractivity contribution in [2.24, 2.45) is 5.92 Å². The van der Waals surface area contributed by atoms with Gasteiger partial charge in [0, 0.05) is 11.7 Å². The van der Waals surface area contributed by atoms with E-state index >= 15 is 0 Å². The lowest BCUT2D eigenvalue weighted by atomic mass is 9.94. The van der Waals surface area contributed by atoms with Gasteiger partial charge in [0.05, 0.1) is 11.1 Å². The summed E-state index contributed by atoms with van der Waals surface area (Å²) in [5, 5.41) is 0. The number of carbonyl (C=O) groups is 2. The van der Waals surface area contributed by atoms with Gasteiger partial charge in [-0.05, 0) is 31.0 Å². The fourth-order valence-corrected chi connectivity index (χ4v) is 2.83. The molecule has 1 atom stereocenters. The van der Waals surface area contributed by atoms with E-state index in [4.69, 9.17) is 5.73 Å². The zero-order chi connectivity index (χ0) is 14.2. The Morgan fingerprint density at radius 2 is 1.68 bits per heavy atom. The third-order valence-corrected chi connectivity index (χ3v) is 4.08. The third-order valence-electron chi connectivity index (χ3n) is 4.08. The van der Waals surface area contributed by atoms with Crippen LogP contribution in [0.1, 0.15) is 54.3 Å². The van der Waals surface area contributed by atoms with E-state index in [0.29, 0.717) is 22.7 Å². The quantitative estimate of drug-likeness (QED) is 0.668. The summed E-state index contributed by atoms with van der Waals surface area (Å²) in [6, 6.07) is 4.82. The van der Waals surface area contributed by atoms with Crippen molar-refractivity contribution in [3.63, 3.8) is 0 Å². The standard InChI is InChI=1S/C15H20N2O2/c1-4-10(5-2)9(3)17-14(18)12-7-6-11(16)8-13(12)15(17)19/h6-10H,4-5,16H2,1-3H3. The molecule has 0 saturated heterocycles. The summed E-state index contributed by atoms with van der Waals surface area (Å²) in [6.07, 6.45) is 1.90. The smallest absolute Gasteiger partial charge is 0.261 e. The van der Waals surface area contributed by atoms with Crippen molar-refractivity contribution in [1.29, 1.82) is 0 Å². The predicted octanol–water partition coefficient (Wildman–Crippen LogP) is 2.69. The number of anilines is 1. The van der Waals surface area contributed by atoms with Crippen LogP contribution < -0.4 is 5.73 Å². The summed E-state index contributed by atoms with van der Waals surface area (Å²) in [5.41, 5.74) is 7.10. The molecular formula is C15H20N2O2. The molecule has 0 aromatic heterocycles. The molecule has 4 nitrogen and oxygen atoms in total. The van der Waals surface area contributed by atoms with Crippen LogP contribution in [-0.4, -0.2) is 22.8 Å². The molecule has 0 spiro atoms. The molecule has 4 heteroatoms. The minimum absolute atomic E-state index is 0.0800. The van der Waals surface area contributed by atoms with E-state index in [2.05, 4.69) is 13.8 Å². The van der Waals surface area contributed by atoms with Gasteiger partial charge in [0.2, 0.25) is 0 Å². The van der Waals surface area contributed by atoms with Crippen molar-refractivity contribution in [2.75, 3.05) is 5.73 Å². The van der Waals surface area contributed by atoms with Crippen LogP contribution in [0.15, 0.2) is 18.2 Å². The summed E-state index contributed by atoms with van der Waals surface area (Å²) in [7, 11) is 0. The van der Waals surface area contributed by atoms with Crippen LogP contribution in [0.4, 0.5) is 5.69 Å². The van der Waals surface area contributed by atoms with E-state index < -0.39 is 0 Å². The molecule has 0 saturated carbocycles. The highest BCUT2D eigenvalue weighted by Crippen LogP contribution is 2.30. The Hall–Kier alpha value is -1.84. The van der Waals surface area contributed by atoms with Crippen LogP contribution in [0.2, 0.25) is 0 Å². The summed E-state index contributed by atoms with van der Waals surface area (Å²) in [5.74, 6) is -0.0781. The molecule has 2 amide bonds. The lowest BCUT2D eigenvalue weighted by Gasteiger charge is -2.29. The van der Waals surface area contributed by atoms with Crippen molar-refractivity contribution >= 4 is 17.5 Å². The number of hydrogen-bond donors (Lipinski definition) is 1. The van der Waals surface area contributed by atoms with E-state index in [0.717, 1.165) is 12.8 Å². The van der Waals surface area contributed by atoms with Gasteiger partial charge in [-0.25, -0.2) is 0 Å². The monoisotopic (exact) mass is 260 g/mol. The van der Waals surface area contributed by atoms with E-state index in [9.17, 15) is 9.59 Å². The first-order valence-electron chi connectivity index (χ1n) is 6.78. The molecule has 102 valence electrons. The molecule has 0 radical (unpaired) electrons. The molecule has 1 unspecified atom stereocenters. The Balaban J connectivity index is 2.37. The number of nitrogens with zero attached hydrogens (tertiary/aromatic N) is 1. The number of nitrogen functional groups attached to an aromatic ring is 1. The van der Waals surface area contributed by atoms with Gasteiger partial charge >= 0.3 is 0 Å². The number of benzene rings is 1. The lowest BCUT2D eigenvalue weighted by Crippen LogP contribution is -2.42. The highest BCUT2D eigenvalue weighted by atomic mass is 16.2. The molecule has 0 aliphatic carbocycles. The van der Waals surface area contributed by atoms with Gasteiger partial charge in [0.15, 0.2) is 0 Å². The van der Waals surface area contributed by atoms with Crippen LogP contribution in [-0.2, 0) is 0 Å². The maximum Gasteiger partial charge on any atom is 0.261 e. The van der Waals surface area contributed by atoms with Crippen molar-refractivity contribution in [2.45, 2.75) is 39.7 Å². The number of fused-ring (bicyclic) bond motifs is 1. The largest absolute Gasteiger partial charge is 0.399 e. The molecule has 1 aromatic rings. The summed E-state index contributed by atoms with van der Waals surface area (Å²) in [6.45, 7) is 6.12. The number of hydrogen-bond acceptors (Lipinski definition) is 3. The Morgan fingerprint density at radius 1 is 1.11 bits per heavy atom. The fourth-order valence-electron chi connectivity index (χ4n) is 2.83. The minimum atomic E-state index is -0.216. The first-order chi connectivity index (χ1) is 9.01. The second kappa shape index (κ2) is 5.03. The van der Waals surface area contributed by atoms with Crippen molar-refractivity contribution in [1.82, 2.24) is 4.90 Å². The molecule has 0 bridgehead atoms. The van der Waals surface area contributed by atoms with E-state index in [1.165, 1.54) is 4.90 Å². The third kappa shape index (κ3) is 2.11. The van der Waals surface area contributed by atoms with Gasteiger partial charge in [0.25, 0.3) is 11.8 Å². The molecule has 1 aliphatic heterocycles. The Morgan fingerprint density at radius 3 is 2.26 bits per heavy atom. The summed E-state index contributed by atoms with van der Waals surface area (Å²) < 4.78 is 0. The fraction of sp³-hybridized carbons (Fsp3) is 0.467. The van der Waals surface area contributed by atoms with Gasteiger partial charge in [-0.15, -0.1) is 0 Å². The highest BCUT2D eigenvalue weighted by molar-refractivity contribution is 6.21. The second-order valence-corrected chi connectivity index (χ2v) is 5.10. The second-order valence-electron chi connectivity index (χ2n) is 5.10. The molecule has 1 aromatic carbocycles. The van der Waals surface area contributed by atoms with Crippen LogP contribution >= 0.6 is 0 Å². The van der Waals surface area contributed by atoms with E-state index in [-0.39, 0.29) is 17.9 Å². The van der Waals surface area contributed by atoms with Crippen LogP contribution in [0, 0.1) is 5.92 Å². The number of rotatable bonds is 4. The van der Waals surface area contributed by atoms with Crippen LogP contribution in [0.25, 0.3) is 0 Å². The van der Waals surface area contributed by atoms with E-state index in [1.807, 2.05) is 6.92 Å². The molecule has 19 heavy (non-hydrogen) atoms. The van der Waals surface area contributed by atoms with Crippen LogP contribution in [0.5, 0.6) is 0 Å². The van der Waals surface area contributed by atoms with Gasteiger partial charge in [-0.1, -0.05) is 26.7 Å². The highest BCUT2D eigenvalue weighted by Gasteiger charge is 2.40. The Labute approximate surface area is 113 Å². The SMILES string of the molecule is CCC(CC)C(C)N1C(=O)c2ccc(N)cc2C1=O. The van der Waals surface area contributed by atoms with Crippen molar-refractivity contribution in [3.05, 3.63) is 29.3 Å². The van der Waals surface area contributed by atoms with Gasteiger partial charge in [-0.2, -0.15) is 0 Å². The van der Waals surface area contributed by atoms with Crippen LogP contribution in [0.3, 0.4) is 0 Å². The first kappa shape index (κ1) is 13.6. The summed E-state index contributed by atoms with van der Waals surface area (Å²) in [4.78, 5) is 26.1. The number of carbonyl (C=O) groups excluding carboxylic acids is 2. The Kier molecular flexibility index (Phi) is 3.60. The zero-order valence-corrected chi connectivity index (χ0v) is 11.6. The average molecular weight is 260 g/mol. The zero-order valence-electron chi connectivity index (χ0n) is 11.6. The molecule has 1 heterocycles. The van der Waals surface area contributed by atoms with Gasteiger partial charge in [0.1, 0.15) is 0 Å². The molecule has 2 N–H and O–H groups in total. The molecule has 2 rings (SSSR count). The Bertz CT molecular complexity index is 521. The topological polar surface area (TPSA) is 63.4 Å². The average Bonchev–Trinajstić information content (AvgIpc) is 2.63. The molecule has 0 fully saturated rings. The van der Waals surface area contributed by atoms with E-state index in [1.54, 1.807) is 18.2 Å². The van der Waals surface area contributed by atoms with Crippen molar-refractivity contribution in [3.8, 4) is 0 Å². The molecule has 1 aliphatic rings. The normalized spacial score (nSPS) is 16.1. The summed E-state index contributed by atoms with van der Waals surface area (Å²) >= 11 is 0. The van der Waals surface area contributed by atoms with Crippen molar-refractivity contribution < 1.29 is 9.59 Å². The lowest BCUT2D eigenvalue weighted by molar-refractivity contribution is 0.0539. The maximum absolute atomic E-state index is 12.4. The number of imide groups is 1. The maximum atomic E-state index is 12.4. The first-order valence-corrected chi connectivity index (χ1v) is 6.78. The molecular weight excluding hydrogens is 240 g/mol.